The minimum atomic E-state index is -0.453. The maximum Gasteiger partial charge on any atom is 0.226 e. The summed E-state index contributed by atoms with van der Waals surface area (Å²) >= 11 is 1.41. The maximum atomic E-state index is 11.4. The van der Waals surface area contributed by atoms with Crippen LogP contribution in [0.25, 0.3) is 11.4 Å². The molecular weight excluding hydrogens is 314 g/mol. The number of hydrogen-bond acceptors (Lipinski definition) is 6. The highest BCUT2D eigenvalue weighted by Crippen LogP contribution is 2.26. The summed E-state index contributed by atoms with van der Waals surface area (Å²) in [5.41, 5.74) is 1.71. The number of aromatic nitrogens is 3. The molecule has 0 spiro atoms. The van der Waals surface area contributed by atoms with Crippen LogP contribution in [0.4, 0.5) is 0 Å². The Hall–Kier alpha value is -2.54. The van der Waals surface area contributed by atoms with Crippen molar-refractivity contribution < 1.29 is 9.52 Å². The SMILES string of the molecule is Cc1ccccc1-c1nnc(SCc2cc(=O)c(O)co2)n1C. The lowest BCUT2D eigenvalue weighted by molar-refractivity contribution is 0.419. The molecule has 1 aromatic carbocycles. The fraction of sp³-hybridized carbons (Fsp3) is 0.188. The van der Waals surface area contributed by atoms with E-state index in [1.54, 1.807) is 0 Å². The standard InChI is InChI=1S/C16H15N3O3S/c1-10-5-3-4-6-12(10)15-17-18-16(19(15)2)23-9-11-7-13(20)14(21)8-22-11/h3-8,21H,9H2,1-2H3. The van der Waals surface area contributed by atoms with Gasteiger partial charge in [-0.3, -0.25) is 4.79 Å². The van der Waals surface area contributed by atoms with Crippen LogP contribution in [0, 0.1) is 6.92 Å². The molecule has 0 aliphatic heterocycles. The second-order valence-corrected chi connectivity index (χ2v) is 6.01. The van der Waals surface area contributed by atoms with Gasteiger partial charge in [-0.25, -0.2) is 0 Å². The Bertz CT molecular complexity index is 902. The van der Waals surface area contributed by atoms with Crippen LogP contribution in [0.5, 0.6) is 5.75 Å². The third kappa shape index (κ3) is 3.14. The number of benzene rings is 1. The van der Waals surface area contributed by atoms with Gasteiger partial charge in [0.2, 0.25) is 5.43 Å². The molecule has 0 atom stereocenters. The zero-order valence-electron chi connectivity index (χ0n) is 12.7. The van der Waals surface area contributed by atoms with Gasteiger partial charge in [0.05, 0.1) is 5.75 Å². The highest BCUT2D eigenvalue weighted by Gasteiger charge is 2.13. The molecule has 0 unspecified atom stereocenters. The normalized spacial score (nSPS) is 10.9. The minimum Gasteiger partial charge on any atom is -0.502 e. The number of aromatic hydroxyl groups is 1. The number of rotatable bonds is 4. The van der Waals surface area contributed by atoms with Crippen molar-refractivity contribution in [1.29, 1.82) is 0 Å². The highest BCUT2D eigenvalue weighted by molar-refractivity contribution is 7.98. The minimum absolute atomic E-state index is 0.390. The Kier molecular flexibility index (Phi) is 4.20. The highest BCUT2D eigenvalue weighted by atomic mass is 32.2. The summed E-state index contributed by atoms with van der Waals surface area (Å²) in [5.74, 6) is 1.30. The molecular formula is C16H15N3O3S. The van der Waals surface area contributed by atoms with E-state index in [-0.39, 0.29) is 5.75 Å². The van der Waals surface area contributed by atoms with Crippen LogP contribution in [-0.4, -0.2) is 19.9 Å². The fourth-order valence-electron chi connectivity index (χ4n) is 2.15. The largest absolute Gasteiger partial charge is 0.502 e. The first-order valence-corrected chi connectivity index (χ1v) is 7.93. The van der Waals surface area contributed by atoms with Gasteiger partial charge in [0.15, 0.2) is 16.7 Å². The van der Waals surface area contributed by atoms with Crippen molar-refractivity contribution in [2.24, 2.45) is 7.05 Å². The van der Waals surface area contributed by atoms with Crippen molar-refractivity contribution in [2.45, 2.75) is 17.8 Å². The Morgan fingerprint density at radius 3 is 2.83 bits per heavy atom. The summed E-state index contributed by atoms with van der Waals surface area (Å²) in [6.45, 7) is 2.03. The van der Waals surface area contributed by atoms with Gasteiger partial charge in [-0.1, -0.05) is 36.0 Å². The molecule has 0 saturated heterocycles. The molecule has 3 rings (SSSR count). The average Bonchev–Trinajstić information content (AvgIpc) is 2.90. The molecule has 23 heavy (non-hydrogen) atoms. The summed E-state index contributed by atoms with van der Waals surface area (Å²) in [5, 5.41) is 18.4. The summed E-state index contributed by atoms with van der Waals surface area (Å²) < 4.78 is 7.09. The molecule has 0 saturated carbocycles. The van der Waals surface area contributed by atoms with E-state index in [2.05, 4.69) is 10.2 Å². The van der Waals surface area contributed by atoms with Gasteiger partial charge in [-0.15, -0.1) is 10.2 Å². The maximum absolute atomic E-state index is 11.4. The average molecular weight is 329 g/mol. The molecule has 3 aromatic rings. The molecule has 7 heteroatoms. The van der Waals surface area contributed by atoms with Crippen LogP contribution >= 0.6 is 11.8 Å². The number of thioether (sulfide) groups is 1. The quantitative estimate of drug-likeness (QED) is 0.741. The Labute approximate surface area is 136 Å². The first-order valence-electron chi connectivity index (χ1n) is 6.95. The van der Waals surface area contributed by atoms with Crippen LogP contribution in [0.1, 0.15) is 11.3 Å². The smallest absolute Gasteiger partial charge is 0.226 e. The van der Waals surface area contributed by atoms with Gasteiger partial charge in [-0.2, -0.15) is 0 Å². The molecule has 0 radical (unpaired) electrons. The van der Waals surface area contributed by atoms with Gasteiger partial charge >= 0.3 is 0 Å². The number of hydrogen-bond donors (Lipinski definition) is 1. The van der Waals surface area contributed by atoms with E-state index in [4.69, 9.17) is 4.42 Å². The Morgan fingerprint density at radius 1 is 1.30 bits per heavy atom. The van der Waals surface area contributed by atoms with E-state index in [0.717, 1.165) is 28.4 Å². The predicted octanol–water partition coefficient (Wildman–Crippen LogP) is 2.74. The third-order valence-corrected chi connectivity index (χ3v) is 4.47. The van der Waals surface area contributed by atoms with Crippen LogP contribution < -0.4 is 5.43 Å². The second-order valence-electron chi connectivity index (χ2n) is 5.06. The zero-order valence-corrected chi connectivity index (χ0v) is 13.5. The van der Waals surface area contributed by atoms with Crippen LogP contribution in [0.2, 0.25) is 0 Å². The Morgan fingerprint density at radius 2 is 2.09 bits per heavy atom. The lowest BCUT2D eigenvalue weighted by Crippen LogP contribution is -2.00. The molecule has 0 aliphatic rings. The molecule has 0 bridgehead atoms. The van der Waals surface area contributed by atoms with Crippen molar-refractivity contribution in [3.63, 3.8) is 0 Å². The topological polar surface area (TPSA) is 81.2 Å². The fourth-order valence-corrected chi connectivity index (χ4v) is 2.96. The lowest BCUT2D eigenvalue weighted by Gasteiger charge is -2.06. The van der Waals surface area contributed by atoms with E-state index in [0.29, 0.717) is 11.5 Å². The van der Waals surface area contributed by atoms with Gasteiger partial charge < -0.3 is 14.1 Å². The molecule has 0 fully saturated rings. The third-order valence-electron chi connectivity index (χ3n) is 3.43. The first-order chi connectivity index (χ1) is 11.1. The van der Waals surface area contributed by atoms with Crippen molar-refractivity contribution >= 4 is 11.8 Å². The molecule has 1 N–H and O–H groups in total. The van der Waals surface area contributed by atoms with Crippen molar-refractivity contribution in [2.75, 3.05) is 0 Å². The van der Waals surface area contributed by atoms with Gasteiger partial charge in [0.25, 0.3) is 0 Å². The van der Waals surface area contributed by atoms with E-state index in [9.17, 15) is 9.90 Å². The monoisotopic (exact) mass is 329 g/mol. The van der Waals surface area contributed by atoms with Gasteiger partial charge in [-0.05, 0) is 12.5 Å². The number of nitrogens with zero attached hydrogens (tertiary/aromatic N) is 3. The van der Waals surface area contributed by atoms with Crippen molar-refractivity contribution in [3.05, 3.63) is 58.1 Å². The second kappa shape index (κ2) is 6.29. The van der Waals surface area contributed by atoms with Crippen LogP contribution in [-0.2, 0) is 12.8 Å². The van der Waals surface area contributed by atoms with Gasteiger partial charge in [0, 0.05) is 18.7 Å². The number of aryl methyl sites for hydroxylation is 1. The summed E-state index contributed by atoms with van der Waals surface area (Å²) in [4.78, 5) is 11.4. The Balaban J connectivity index is 1.81. The van der Waals surface area contributed by atoms with E-state index < -0.39 is 5.43 Å². The summed E-state index contributed by atoms with van der Waals surface area (Å²) in [7, 11) is 1.90. The molecule has 2 aromatic heterocycles. The van der Waals surface area contributed by atoms with E-state index in [1.165, 1.54) is 17.8 Å². The molecule has 2 heterocycles. The summed E-state index contributed by atoms with van der Waals surface area (Å²) in [6.07, 6.45) is 1.05. The molecule has 118 valence electrons. The molecule has 0 amide bonds. The van der Waals surface area contributed by atoms with E-state index in [1.807, 2.05) is 42.8 Å². The predicted molar refractivity (Wildman–Crippen MR) is 87.4 cm³/mol. The van der Waals surface area contributed by atoms with E-state index >= 15 is 0 Å². The zero-order chi connectivity index (χ0) is 16.4. The van der Waals surface area contributed by atoms with Crippen LogP contribution in [0.3, 0.4) is 0 Å². The summed E-state index contributed by atoms with van der Waals surface area (Å²) in [6, 6.07) is 9.27. The lowest BCUT2D eigenvalue weighted by atomic mass is 10.1. The molecule has 6 nitrogen and oxygen atoms in total. The van der Waals surface area contributed by atoms with Crippen LogP contribution in [0.15, 0.2) is 51.0 Å². The van der Waals surface area contributed by atoms with Crippen molar-refractivity contribution in [3.8, 4) is 17.1 Å². The molecule has 0 aliphatic carbocycles. The van der Waals surface area contributed by atoms with Gasteiger partial charge in [0.1, 0.15) is 12.0 Å². The first kappa shape index (κ1) is 15.4. The van der Waals surface area contributed by atoms with Crippen molar-refractivity contribution in [1.82, 2.24) is 14.8 Å².